The Morgan fingerprint density at radius 3 is 2.22 bits per heavy atom. The zero-order chi connectivity index (χ0) is 26.1. The van der Waals surface area contributed by atoms with E-state index >= 15 is 0 Å². The Morgan fingerprint density at radius 1 is 0.919 bits per heavy atom. The molecule has 190 valence electrons. The van der Waals surface area contributed by atoms with E-state index in [0.29, 0.717) is 36.0 Å². The largest absolute Gasteiger partial charge is 0.507 e. The highest BCUT2D eigenvalue weighted by Crippen LogP contribution is 2.43. The van der Waals surface area contributed by atoms with Crippen LogP contribution in [0.15, 0.2) is 72.3 Å². The number of carbonyl (C=O) groups excluding carboxylic acids is 2. The lowest BCUT2D eigenvalue weighted by Gasteiger charge is -2.27. The first-order chi connectivity index (χ1) is 17.9. The van der Waals surface area contributed by atoms with Crippen LogP contribution in [0.2, 0.25) is 0 Å². The average molecular weight is 499 g/mol. The molecule has 2 aliphatic heterocycles. The smallest absolute Gasteiger partial charge is 0.300 e. The van der Waals surface area contributed by atoms with Crippen LogP contribution in [-0.4, -0.2) is 43.1 Å². The number of ketones is 1. The third kappa shape index (κ3) is 4.42. The van der Waals surface area contributed by atoms with E-state index in [9.17, 15) is 14.7 Å². The Hall–Kier alpha value is -4.26. The fourth-order valence-corrected chi connectivity index (χ4v) is 4.92. The van der Waals surface area contributed by atoms with Crippen molar-refractivity contribution >= 4 is 28.8 Å². The van der Waals surface area contributed by atoms with E-state index in [1.165, 1.54) is 4.90 Å². The summed E-state index contributed by atoms with van der Waals surface area (Å²) in [5.41, 5.74) is 3.83. The highest BCUT2D eigenvalue weighted by molar-refractivity contribution is 6.51. The van der Waals surface area contributed by atoms with Crippen molar-refractivity contribution in [2.75, 3.05) is 36.1 Å². The molecule has 0 bridgehead atoms. The lowest BCUT2D eigenvalue weighted by molar-refractivity contribution is -0.132. The van der Waals surface area contributed by atoms with Crippen molar-refractivity contribution in [1.29, 1.82) is 0 Å². The first kappa shape index (κ1) is 24.4. The molecule has 37 heavy (non-hydrogen) atoms. The van der Waals surface area contributed by atoms with E-state index in [1.54, 1.807) is 18.2 Å². The molecule has 0 saturated carbocycles. The summed E-state index contributed by atoms with van der Waals surface area (Å²) in [5, 5.41) is 11.4. The number of rotatable bonds is 6. The molecule has 0 radical (unpaired) electrons. The van der Waals surface area contributed by atoms with Crippen molar-refractivity contribution in [1.82, 2.24) is 0 Å². The van der Waals surface area contributed by atoms with Gasteiger partial charge in [-0.05, 0) is 68.8 Å². The summed E-state index contributed by atoms with van der Waals surface area (Å²) in [4.78, 5) is 30.5. The van der Waals surface area contributed by atoms with Crippen LogP contribution in [0.5, 0.6) is 11.5 Å². The molecule has 0 spiro atoms. The van der Waals surface area contributed by atoms with Gasteiger partial charge in [0, 0.05) is 30.0 Å². The van der Waals surface area contributed by atoms with E-state index in [-0.39, 0.29) is 11.3 Å². The summed E-state index contributed by atoms with van der Waals surface area (Å²) in [6.45, 7) is 8.72. The predicted octanol–water partition coefficient (Wildman–Crippen LogP) is 5.24. The molecule has 2 heterocycles. The van der Waals surface area contributed by atoms with Gasteiger partial charge < -0.3 is 19.5 Å². The number of aliphatic hydroxyl groups is 1. The molecule has 2 aliphatic rings. The Balaban J connectivity index is 1.65. The fourth-order valence-electron chi connectivity index (χ4n) is 4.92. The molecule has 0 aliphatic carbocycles. The molecule has 3 aromatic rings. The Morgan fingerprint density at radius 2 is 1.57 bits per heavy atom. The van der Waals surface area contributed by atoms with E-state index in [1.807, 2.05) is 55.5 Å². The molecule has 1 N–H and O–H groups in total. The van der Waals surface area contributed by atoms with Crippen molar-refractivity contribution in [3.05, 3.63) is 89.0 Å². The molecule has 0 aromatic heterocycles. The number of aryl methyl sites for hydroxylation is 1. The maximum absolute atomic E-state index is 13.4. The van der Waals surface area contributed by atoms with Crippen LogP contribution < -0.4 is 19.3 Å². The second-order valence-corrected chi connectivity index (χ2v) is 9.13. The number of hydrogen-bond donors (Lipinski definition) is 1. The Kier molecular flexibility index (Phi) is 6.61. The van der Waals surface area contributed by atoms with Gasteiger partial charge in [0.05, 0.1) is 11.6 Å². The number of aliphatic hydroxyl groups excluding tert-OH is 1. The lowest BCUT2D eigenvalue weighted by Crippen LogP contribution is -2.29. The van der Waals surface area contributed by atoms with Gasteiger partial charge in [-0.1, -0.05) is 29.8 Å². The van der Waals surface area contributed by atoms with Gasteiger partial charge in [0.1, 0.15) is 19.0 Å². The summed E-state index contributed by atoms with van der Waals surface area (Å²) in [6, 6.07) is 19.5. The number of fused-ring (bicyclic) bond motifs is 1. The second kappa shape index (κ2) is 10.0. The second-order valence-electron chi connectivity index (χ2n) is 9.13. The summed E-state index contributed by atoms with van der Waals surface area (Å²) in [6.07, 6.45) is 0. The molecular weight excluding hydrogens is 468 g/mol. The Labute approximate surface area is 216 Å². The van der Waals surface area contributed by atoms with Gasteiger partial charge in [0.15, 0.2) is 11.5 Å². The van der Waals surface area contributed by atoms with Crippen LogP contribution in [0.25, 0.3) is 5.76 Å². The minimum Gasteiger partial charge on any atom is -0.507 e. The standard InChI is InChI=1S/C30H30N2O5/c1-4-31(5-2)22-13-8-20(9-14-22)27-26(28(33)21-10-15-24-25(18-21)37-17-16-36-24)29(34)30(35)32(27)23-11-6-19(3)7-12-23/h6-15,18,27,33H,4-5,16-17H2,1-3H3/b28-26-. The number of nitrogens with zero attached hydrogens (tertiary/aromatic N) is 2. The maximum Gasteiger partial charge on any atom is 0.300 e. The van der Waals surface area contributed by atoms with Gasteiger partial charge in [-0.15, -0.1) is 0 Å². The summed E-state index contributed by atoms with van der Waals surface area (Å²) < 4.78 is 11.3. The lowest BCUT2D eigenvalue weighted by atomic mass is 9.94. The van der Waals surface area contributed by atoms with Crippen LogP contribution in [0.1, 0.15) is 36.6 Å². The first-order valence-electron chi connectivity index (χ1n) is 12.6. The van der Waals surface area contributed by atoms with Crippen molar-refractivity contribution in [2.24, 2.45) is 0 Å². The number of anilines is 2. The molecule has 1 unspecified atom stereocenters. The van der Waals surface area contributed by atoms with Gasteiger partial charge in [-0.2, -0.15) is 0 Å². The number of ether oxygens (including phenoxy) is 2. The van der Waals surface area contributed by atoms with Crippen molar-refractivity contribution in [3.63, 3.8) is 0 Å². The number of amides is 1. The predicted molar refractivity (Wildman–Crippen MR) is 143 cm³/mol. The normalized spacial score (nSPS) is 18.2. The molecule has 1 atom stereocenters. The topological polar surface area (TPSA) is 79.3 Å². The minimum atomic E-state index is -0.790. The SMILES string of the molecule is CCN(CC)c1ccc(C2/C(=C(/O)c3ccc4c(c3)OCCO4)C(=O)C(=O)N2c2ccc(C)cc2)cc1. The molecule has 7 heteroatoms. The molecule has 1 saturated heterocycles. The van der Waals surface area contributed by atoms with Gasteiger partial charge in [0.2, 0.25) is 0 Å². The number of benzene rings is 3. The summed E-state index contributed by atoms with van der Waals surface area (Å²) >= 11 is 0. The average Bonchev–Trinajstić information content (AvgIpc) is 3.19. The maximum atomic E-state index is 13.4. The van der Waals surface area contributed by atoms with Crippen molar-refractivity contribution in [3.8, 4) is 11.5 Å². The fraction of sp³-hybridized carbons (Fsp3) is 0.267. The van der Waals surface area contributed by atoms with Gasteiger partial charge in [-0.3, -0.25) is 14.5 Å². The van der Waals surface area contributed by atoms with E-state index in [4.69, 9.17) is 9.47 Å². The van der Waals surface area contributed by atoms with E-state index < -0.39 is 17.7 Å². The van der Waals surface area contributed by atoms with Crippen LogP contribution >= 0.6 is 0 Å². The summed E-state index contributed by atoms with van der Waals surface area (Å²) in [5.74, 6) is -0.594. The van der Waals surface area contributed by atoms with E-state index in [0.717, 1.165) is 29.9 Å². The van der Waals surface area contributed by atoms with Crippen LogP contribution in [0.4, 0.5) is 11.4 Å². The van der Waals surface area contributed by atoms with Gasteiger partial charge >= 0.3 is 0 Å². The highest BCUT2D eigenvalue weighted by Gasteiger charge is 2.47. The van der Waals surface area contributed by atoms with Gasteiger partial charge in [-0.25, -0.2) is 0 Å². The minimum absolute atomic E-state index is 0.0397. The Bertz CT molecular complexity index is 1360. The number of hydrogen-bond acceptors (Lipinski definition) is 6. The molecule has 1 fully saturated rings. The third-order valence-electron chi connectivity index (χ3n) is 6.91. The van der Waals surface area contributed by atoms with Crippen molar-refractivity contribution in [2.45, 2.75) is 26.8 Å². The molecule has 1 amide bonds. The van der Waals surface area contributed by atoms with Crippen molar-refractivity contribution < 1.29 is 24.2 Å². The molecule has 3 aromatic carbocycles. The van der Waals surface area contributed by atoms with Gasteiger partial charge in [0.25, 0.3) is 11.7 Å². The number of Topliss-reactive ketones (excluding diaryl/α,β-unsaturated/α-hetero) is 1. The molecule has 7 nitrogen and oxygen atoms in total. The zero-order valence-electron chi connectivity index (χ0n) is 21.2. The zero-order valence-corrected chi connectivity index (χ0v) is 21.2. The van der Waals surface area contributed by atoms with E-state index in [2.05, 4.69) is 18.7 Å². The molecular formula is C30H30N2O5. The monoisotopic (exact) mass is 498 g/mol. The highest BCUT2D eigenvalue weighted by atomic mass is 16.6. The first-order valence-corrected chi connectivity index (χ1v) is 12.6. The number of carbonyl (C=O) groups is 2. The quantitative estimate of drug-likeness (QED) is 0.285. The summed E-state index contributed by atoms with van der Waals surface area (Å²) in [7, 11) is 0. The van der Waals surface area contributed by atoms with Crippen LogP contribution in [0, 0.1) is 6.92 Å². The molecule has 5 rings (SSSR count). The van der Waals surface area contributed by atoms with Crippen LogP contribution in [-0.2, 0) is 9.59 Å². The third-order valence-corrected chi connectivity index (χ3v) is 6.91. The van der Waals surface area contributed by atoms with Crippen LogP contribution in [0.3, 0.4) is 0 Å².